The van der Waals surface area contributed by atoms with Crippen LogP contribution in [0.5, 0.6) is 11.5 Å². The average Bonchev–Trinajstić information content (AvgIpc) is 2.93. The highest BCUT2D eigenvalue weighted by Gasteiger charge is 2.31. The third kappa shape index (κ3) is 4.84. The third-order valence-corrected chi connectivity index (χ3v) is 4.57. The highest BCUT2D eigenvalue weighted by atomic mass is 32.2. The minimum atomic E-state index is -0.486. The van der Waals surface area contributed by atoms with Gasteiger partial charge in [-0.1, -0.05) is 30.0 Å². The van der Waals surface area contributed by atoms with E-state index in [4.69, 9.17) is 4.74 Å². The normalized spacial score (nSPS) is 16.4. The van der Waals surface area contributed by atoms with Crippen LogP contribution in [0.15, 0.2) is 54.6 Å². The molecule has 1 unspecified atom stereocenters. The quantitative estimate of drug-likeness (QED) is 0.827. The van der Waals surface area contributed by atoms with E-state index in [2.05, 4.69) is 10.6 Å². The molecule has 1 heterocycles. The van der Waals surface area contributed by atoms with Crippen molar-refractivity contribution in [3.8, 4) is 11.5 Å². The molecule has 0 aromatic heterocycles. The van der Waals surface area contributed by atoms with Crippen LogP contribution in [0.3, 0.4) is 0 Å². The zero-order valence-corrected chi connectivity index (χ0v) is 14.0. The minimum absolute atomic E-state index is 0.167. The van der Waals surface area contributed by atoms with E-state index in [-0.39, 0.29) is 23.5 Å². The Hall–Kier alpha value is -2.80. The van der Waals surface area contributed by atoms with Gasteiger partial charge in [-0.25, -0.2) is 0 Å². The number of anilines is 1. The van der Waals surface area contributed by atoms with Crippen LogP contribution in [0.1, 0.15) is 12.8 Å². The lowest BCUT2D eigenvalue weighted by Gasteiger charge is -2.09. The van der Waals surface area contributed by atoms with Crippen molar-refractivity contribution in [2.24, 2.45) is 0 Å². The summed E-state index contributed by atoms with van der Waals surface area (Å²) in [6, 6.07) is 16.4. The van der Waals surface area contributed by atoms with Gasteiger partial charge in [0.1, 0.15) is 11.5 Å². The molecule has 2 aromatic carbocycles. The van der Waals surface area contributed by atoms with E-state index in [1.807, 2.05) is 30.3 Å². The highest BCUT2D eigenvalue weighted by Crippen LogP contribution is 2.24. The Bertz CT molecular complexity index is 777. The average molecular weight is 356 g/mol. The summed E-state index contributed by atoms with van der Waals surface area (Å²) in [5.74, 6) is 0.873. The van der Waals surface area contributed by atoms with Crippen LogP contribution < -0.4 is 15.4 Å². The molecule has 2 N–H and O–H groups in total. The number of thioether (sulfide) groups is 1. The molecule has 1 atom stereocenters. The van der Waals surface area contributed by atoms with Crippen molar-refractivity contribution >= 4 is 34.5 Å². The number of para-hydroxylation sites is 1. The molecule has 1 aliphatic heterocycles. The van der Waals surface area contributed by atoms with Crippen LogP contribution in [-0.4, -0.2) is 22.3 Å². The Morgan fingerprint density at radius 1 is 1.04 bits per heavy atom. The number of nitrogens with one attached hydrogen (secondary N) is 2. The summed E-state index contributed by atoms with van der Waals surface area (Å²) in [5.41, 5.74) is 0.644. The van der Waals surface area contributed by atoms with Gasteiger partial charge in [0, 0.05) is 12.1 Å². The number of amides is 3. The largest absolute Gasteiger partial charge is 0.457 e. The summed E-state index contributed by atoms with van der Waals surface area (Å²) >= 11 is 0.929. The summed E-state index contributed by atoms with van der Waals surface area (Å²) in [6.45, 7) is 0. The number of rotatable bonds is 6. The first-order valence-electron chi connectivity index (χ1n) is 7.74. The van der Waals surface area contributed by atoms with Crippen LogP contribution >= 0.6 is 11.8 Å². The maximum absolute atomic E-state index is 12.0. The molecule has 2 aromatic rings. The van der Waals surface area contributed by atoms with E-state index in [9.17, 15) is 14.4 Å². The van der Waals surface area contributed by atoms with Crippen molar-refractivity contribution in [2.45, 2.75) is 18.1 Å². The molecule has 1 saturated heterocycles. The predicted octanol–water partition coefficient (Wildman–Crippen LogP) is 3.55. The first kappa shape index (κ1) is 17.0. The Morgan fingerprint density at radius 3 is 2.36 bits per heavy atom. The van der Waals surface area contributed by atoms with Gasteiger partial charge in [0.2, 0.25) is 11.8 Å². The van der Waals surface area contributed by atoms with E-state index in [0.717, 1.165) is 17.5 Å². The van der Waals surface area contributed by atoms with Gasteiger partial charge in [-0.05, 0) is 42.8 Å². The fourth-order valence-corrected chi connectivity index (χ4v) is 3.12. The summed E-state index contributed by atoms with van der Waals surface area (Å²) in [7, 11) is 0. The molecule has 1 fully saturated rings. The zero-order valence-electron chi connectivity index (χ0n) is 13.2. The second kappa shape index (κ2) is 7.85. The summed E-state index contributed by atoms with van der Waals surface area (Å²) < 4.78 is 5.68. The van der Waals surface area contributed by atoms with Crippen LogP contribution in [0.25, 0.3) is 0 Å². The standard InChI is InChI=1S/C18H16N2O4S/c21-16(11-10-15-17(22)20-18(23)25-15)19-12-6-8-14(9-7-12)24-13-4-2-1-3-5-13/h1-9,15H,10-11H2,(H,19,21)(H,20,22,23). The van der Waals surface area contributed by atoms with Crippen molar-refractivity contribution in [1.29, 1.82) is 0 Å². The van der Waals surface area contributed by atoms with E-state index < -0.39 is 5.25 Å². The molecule has 25 heavy (non-hydrogen) atoms. The number of hydrogen-bond donors (Lipinski definition) is 2. The fraction of sp³-hybridized carbons (Fsp3) is 0.167. The lowest BCUT2D eigenvalue weighted by Crippen LogP contribution is -2.25. The number of carbonyl (C=O) groups is 3. The molecule has 0 bridgehead atoms. The zero-order chi connectivity index (χ0) is 17.6. The lowest BCUT2D eigenvalue weighted by atomic mass is 10.2. The van der Waals surface area contributed by atoms with E-state index in [0.29, 0.717) is 17.9 Å². The van der Waals surface area contributed by atoms with Gasteiger partial charge in [0.05, 0.1) is 5.25 Å². The highest BCUT2D eigenvalue weighted by molar-refractivity contribution is 8.15. The van der Waals surface area contributed by atoms with Gasteiger partial charge in [0.25, 0.3) is 5.24 Å². The molecule has 0 saturated carbocycles. The molecule has 0 radical (unpaired) electrons. The molecule has 0 aliphatic carbocycles. The summed E-state index contributed by atoms with van der Waals surface area (Å²) in [5, 5.41) is 4.13. The number of benzene rings is 2. The number of imide groups is 1. The SMILES string of the molecule is O=C(CCC1SC(=O)NC1=O)Nc1ccc(Oc2ccccc2)cc1. The molecule has 128 valence electrons. The minimum Gasteiger partial charge on any atom is -0.457 e. The Morgan fingerprint density at radius 2 is 1.72 bits per heavy atom. The molecule has 3 rings (SSSR count). The van der Waals surface area contributed by atoms with Crippen molar-refractivity contribution in [2.75, 3.05) is 5.32 Å². The smallest absolute Gasteiger partial charge is 0.286 e. The van der Waals surface area contributed by atoms with Crippen LogP contribution in [0, 0.1) is 0 Å². The van der Waals surface area contributed by atoms with Crippen molar-refractivity contribution in [3.63, 3.8) is 0 Å². The van der Waals surface area contributed by atoms with Gasteiger partial charge in [0.15, 0.2) is 0 Å². The second-order valence-corrected chi connectivity index (χ2v) is 6.59. The van der Waals surface area contributed by atoms with Crippen molar-refractivity contribution in [3.05, 3.63) is 54.6 Å². The first-order chi connectivity index (χ1) is 12.1. The summed E-state index contributed by atoms with van der Waals surface area (Å²) in [6.07, 6.45) is 0.490. The topological polar surface area (TPSA) is 84.5 Å². The van der Waals surface area contributed by atoms with Gasteiger partial charge in [-0.2, -0.15) is 0 Å². The molecule has 6 nitrogen and oxygen atoms in total. The Kier molecular flexibility index (Phi) is 5.35. The molecule has 7 heteroatoms. The number of carbonyl (C=O) groups excluding carboxylic acids is 3. The monoisotopic (exact) mass is 356 g/mol. The van der Waals surface area contributed by atoms with E-state index in [1.165, 1.54) is 0 Å². The summed E-state index contributed by atoms with van der Waals surface area (Å²) in [4.78, 5) is 34.5. The molecule has 1 aliphatic rings. The van der Waals surface area contributed by atoms with Crippen molar-refractivity contribution < 1.29 is 19.1 Å². The Labute approximate surface area is 148 Å². The molecule has 3 amide bonds. The lowest BCUT2D eigenvalue weighted by molar-refractivity contribution is -0.119. The second-order valence-electron chi connectivity index (χ2n) is 5.41. The maximum atomic E-state index is 12.0. The molecular formula is C18H16N2O4S. The number of hydrogen-bond acceptors (Lipinski definition) is 5. The van der Waals surface area contributed by atoms with Gasteiger partial charge in [-0.3, -0.25) is 19.7 Å². The van der Waals surface area contributed by atoms with Gasteiger partial charge < -0.3 is 10.1 Å². The van der Waals surface area contributed by atoms with Gasteiger partial charge >= 0.3 is 0 Å². The predicted molar refractivity (Wildman–Crippen MR) is 95.7 cm³/mol. The van der Waals surface area contributed by atoms with E-state index >= 15 is 0 Å². The molecular weight excluding hydrogens is 340 g/mol. The maximum Gasteiger partial charge on any atom is 0.286 e. The van der Waals surface area contributed by atoms with E-state index in [1.54, 1.807) is 24.3 Å². The Balaban J connectivity index is 1.48. The number of ether oxygens (including phenoxy) is 1. The third-order valence-electron chi connectivity index (χ3n) is 3.52. The first-order valence-corrected chi connectivity index (χ1v) is 8.62. The van der Waals surface area contributed by atoms with Crippen LogP contribution in [-0.2, 0) is 9.59 Å². The van der Waals surface area contributed by atoms with Gasteiger partial charge in [-0.15, -0.1) is 0 Å². The van der Waals surface area contributed by atoms with Crippen LogP contribution in [0.2, 0.25) is 0 Å². The van der Waals surface area contributed by atoms with Crippen molar-refractivity contribution in [1.82, 2.24) is 5.32 Å². The fourth-order valence-electron chi connectivity index (χ4n) is 2.30. The molecule has 0 spiro atoms. The van der Waals surface area contributed by atoms with Crippen LogP contribution in [0.4, 0.5) is 10.5 Å².